The van der Waals surface area contributed by atoms with Gasteiger partial charge in [0.25, 0.3) is 0 Å². The van der Waals surface area contributed by atoms with E-state index in [9.17, 15) is 24.1 Å². The number of carbonyl (C=O) groups is 2. The van der Waals surface area contributed by atoms with E-state index in [1.54, 1.807) is 0 Å². The molecule has 0 aliphatic rings. The number of hydrogen-bond donors (Lipinski definition) is 1. The van der Waals surface area contributed by atoms with Crippen LogP contribution in [0.5, 0.6) is 0 Å². The molecule has 0 spiro atoms. The molecule has 10 heteroatoms. The quantitative estimate of drug-likeness (QED) is 0.128. The van der Waals surface area contributed by atoms with Gasteiger partial charge in [-0.3, -0.25) is 14.9 Å². The minimum absolute atomic E-state index is 0.0354. The molecule has 0 radical (unpaired) electrons. The Hall–Kier alpha value is -2.19. The Bertz CT molecular complexity index is 691. The fourth-order valence-corrected chi connectivity index (χ4v) is 2.08. The molecule has 0 aliphatic heterocycles. The zero-order valence-electron chi connectivity index (χ0n) is 11.1. The van der Waals surface area contributed by atoms with Crippen LogP contribution in [-0.4, -0.2) is 23.3 Å². The van der Waals surface area contributed by atoms with Crippen LogP contribution >= 0.6 is 23.2 Å². The van der Waals surface area contributed by atoms with Gasteiger partial charge in [-0.2, -0.15) is 0 Å². The predicted molar refractivity (Wildman–Crippen MR) is 76.3 cm³/mol. The largest absolute Gasteiger partial charge is 0.462 e. The zero-order chi connectivity index (χ0) is 17.0. The lowest BCUT2D eigenvalue weighted by Gasteiger charge is -2.08. The number of ketones is 1. The normalized spacial score (nSPS) is 11.2. The van der Waals surface area contributed by atoms with Crippen molar-refractivity contribution in [3.05, 3.63) is 49.4 Å². The summed E-state index contributed by atoms with van der Waals surface area (Å²) >= 11 is 11.2. The maximum atomic E-state index is 13.6. The molecule has 1 aromatic carbocycles. The van der Waals surface area contributed by atoms with E-state index < -0.39 is 49.4 Å². The van der Waals surface area contributed by atoms with Gasteiger partial charge in [0.05, 0.1) is 17.1 Å². The topological polar surface area (TPSA) is 113 Å². The third-order valence-electron chi connectivity index (χ3n) is 2.47. The van der Waals surface area contributed by atoms with Gasteiger partial charge in [-0.15, -0.1) is 0 Å². The van der Waals surface area contributed by atoms with Crippen LogP contribution in [0.3, 0.4) is 0 Å². The van der Waals surface area contributed by atoms with Crippen molar-refractivity contribution in [2.75, 3.05) is 6.61 Å². The molecule has 118 valence electrons. The van der Waals surface area contributed by atoms with Gasteiger partial charge in [0.15, 0.2) is 5.02 Å². The number of hydrogen-bond acceptors (Lipinski definition) is 6. The van der Waals surface area contributed by atoms with Crippen molar-refractivity contribution in [2.45, 2.75) is 6.92 Å². The fourth-order valence-electron chi connectivity index (χ4n) is 1.51. The van der Waals surface area contributed by atoms with Gasteiger partial charge in [-0.05, 0) is 13.0 Å². The summed E-state index contributed by atoms with van der Waals surface area (Å²) in [6, 6.07) is 0.586. The van der Waals surface area contributed by atoms with Crippen LogP contribution in [0.1, 0.15) is 17.3 Å². The lowest BCUT2D eigenvalue weighted by molar-refractivity contribution is -0.384. The van der Waals surface area contributed by atoms with Gasteiger partial charge in [0.1, 0.15) is 16.4 Å². The molecular formula is C12H9Cl2FN2O5. The van der Waals surface area contributed by atoms with Crippen molar-refractivity contribution in [3.8, 4) is 0 Å². The van der Waals surface area contributed by atoms with Gasteiger partial charge < -0.3 is 10.5 Å². The smallest absolute Gasteiger partial charge is 0.343 e. The third kappa shape index (κ3) is 3.34. The summed E-state index contributed by atoms with van der Waals surface area (Å²) in [4.78, 5) is 33.6. The second-order valence-corrected chi connectivity index (χ2v) is 4.53. The van der Waals surface area contributed by atoms with Crippen LogP contribution in [0.2, 0.25) is 10.0 Å². The number of halogens is 3. The lowest BCUT2D eigenvalue weighted by atomic mass is 10.0. The van der Waals surface area contributed by atoms with Gasteiger partial charge >= 0.3 is 11.7 Å². The molecule has 0 aliphatic carbocycles. The molecular weight excluding hydrogens is 342 g/mol. The molecule has 7 nitrogen and oxygen atoms in total. The molecule has 0 heterocycles. The highest BCUT2D eigenvalue weighted by Gasteiger charge is 2.31. The van der Waals surface area contributed by atoms with Gasteiger partial charge in [0, 0.05) is 6.20 Å². The number of Topliss-reactive ketones (excluding diaryl/α,β-unsaturated/α-hetero) is 1. The molecule has 0 unspecified atom stereocenters. The maximum Gasteiger partial charge on any atom is 0.343 e. The van der Waals surface area contributed by atoms with Crippen LogP contribution in [0.15, 0.2) is 17.8 Å². The Morgan fingerprint density at radius 3 is 2.50 bits per heavy atom. The van der Waals surface area contributed by atoms with Crippen LogP contribution < -0.4 is 5.73 Å². The van der Waals surface area contributed by atoms with Gasteiger partial charge in [-0.1, -0.05) is 23.2 Å². The standard InChI is InChI=1S/C12H9Cl2FN2O5/c1-2-22-12(19)6(4-16)11(18)5-3-7(15)9(14)10(8(5)13)17(20)21/h3-4H,2,16H2,1H3. The zero-order valence-corrected chi connectivity index (χ0v) is 12.6. The van der Waals surface area contributed by atoms with Crippen LogP contribution in [0, 0.1) is 15.9 Å². The lowest BCUT2D eigenvalue weighted by Crippen LogP contribution is -2.18. The Morgan fingerprint density at radius 2 is 2.05 bits per heavy atom. The molecule has 0 atom stereocenters. The highest BCUT2D eigenvalue weighted by molar-refractivity contribution is 6.42. The molecule has 0 fully saturated rings. The summed E-state index contributed by atoms with van der Waals surface area (Å²) in [5, 5.41) is 9.32. The second-order valence-electron chi connectivity index (χ2n) is 3.77. The highest BCUT2D eigenvalue weighted by Crippen LogP contribution is 2.38. The Morgan fingerprint density at radius 1 is 1.45 bits per heavy atom. The van der Waals surface area contributed by atoms with E-state index in [4.69, 9.17) is 28.9 Å². The molecule has 0 saturated heterocycles. The first-order valence-corrected chi connectivity index (χ1v) is 6.47. The maximum absolute atomic E-state index is 13.6. The van der Waals surface area contributed by atoms with Crippen LogP contribution in [0.25, 0.3) is 0 Å². The van der Waals surface area contributed by atoms with E-state index in [1.165, 1.54) is 6.92 Å². The SMILES string of the molecule is CCOC(=O)C(=CN)C(=O)c1cc(F)c(Cl)c([N+](=O)[O-])c1Cl. The fraction of sp³-hybridized carbons (Fsp3) is 0.167. The molecule has 1 aromatic rings. The van der Waals surface area contributed by atoms with Gasteiger partial charge in [-0.25, -0.2) is 9.18 Å². The van der Waals surface area contributed by atoms with Crippen LogP contribution in [-0.2, 0) is 9.53 Å². The number of nitro groups is 1. The number of rotatable bonds is 5. The molecule has 0 saturated carbocycles. The average Bonchev–Trinajstić information content (AvgIpc) is 2.43. The number of nitrogens with two attached hydrogens (primary N) is 1. The second kappa shape index (κ2) is 7.19. The highest BCUT2D eigenvalue weighted by atomic mass is 35.5. The molecule has 2 N–H and O–H groups in total. The molecule has 22 heavy (non-hydrogen) atoms. The van der Waals surface area contributed by atoms with Crippen molar-refractivity contribution in [1.29, 1.82) is 0 Å². The number of esters is 1. The summed E-state index contributed by atoms with van der Waals surface area (Å²) in [5.41, 5.74) is 2.93. The molecule has 0 bridgehead atoms. The number of carbonyl (C=O) groups excluding carboxylic acids is 2. The molecule has 0 aromatic heterocycles. The van der Waals surface area contributed by atoms with Crippen molar-refractivity contribution >= 4 is 40.6 Å². The summed E-state index contributed by atoms with van der Waals surface area (Å²) in [6.07, 6.45) is 0.648. The van der Waals surface area contributed by atoms with Crippen molar-refractivity contribution < 1.29 is 23.6 Å². The predicted octanol–water partition coefficient (Wildman–Crippen LogP) is 2.63. The first-order chi connectivity index (χ1) is 10.3. The van der Waals surface area contributed by atoms with E-state index in [0.717, 1.165) is 0 Å². The molecule has 0 amide bonds. The van der Waals surface area contributed by atoms with Gasteiger partial charge in [0.2, 0.25) is 5.78 Å². The summed E-state index contributed by atoms with van der Waals surface area (Å²) in [7, 11) is 0. The Kier molecular flexibility index (Phi) is 5.84. The number of ether oxygens (including phenoxy) is 1. The summed E-state index contributed by atoms with van der Waals surface area (Å²) < 4.78 is 18.2. The summed E-state index contributed by atoms with van der Waals surface area (Å²) in [6.45, 7) is 1.46. The first-order valence-electron chi connectivity index (χ1n) is 5.71. The van der Waals surface area contributed by atoms with E-state index in [2.05, 4.69) is 4.74 Å². The number of nitro benzene ring substituents is 1. The van der Waals surface area contributed by atoms with Crippen molar-refractivity contribution in [1.82, 2.24) is 0 Å². The van der Waals surface area contributed by atoms with E-state index >= 15 is 0 Å². The number of benzene rings is 1. The minimum atomic E-state index is -1.23. The monoisotopic (exact) mass is 350 g/mol. The van der Waals surface area contributed by atoms with E-state index in [1.807, 2.05) is 0 Å². The van der Waals surface area contributed by atoms with Crippen LogP contribution in [0.4, 0.5) is 10.1 Å². The van der Waals surface area contributed by atoms with E-state index in [-0.39, 0.29) is 6.61 Å². The molecule has 1 rings (SSSR count). The van der Waals surface area contributed by atoms with E-state index in [0.29, 0.717) is 12.3 Å². The first kappa shape index (κ1) is 17.9. The Balaban J connectivity index is 3.47. The number of nitrogens with zero attached hydrogens (tertiary/aromatic N) is 1. The average molecular weight is 351 g/mol. The summed E-state index contributed by atoms with van der Waals surface area (Å²) in [5.74, 6) is -3.42. The Labute approximate surface area is 133 Å². The van der Waals surface area contributed by atoms with Crippen molar-refractivity contribution in [2.24, 2.45) is 5.73 Å². The third-order valence-corrected chi connectivity index (χ3v) is 3.21. The van der Waals surface area contributed by atoms with Crippen molar-refractivity contribution in [3.63, 3.8) is 0 Å². The minimum Gasteiger partial charge on any atom is -0.462 e.